The molecule has 0 aliphatic carbocycles. The Hall–Kier alpha value is -2.94. The number of hydrogen-bond acceptors (Lipinski definition) is 7. The molecule has 1 heterocycles. The number of methoxy groups -OCH3 is 1. The number of sulfone groups is 1. The number of esters is 1. The van der Waals surface area contributed by atoms with Crippen molar-refractivity contribution in [3.63, 3.8) is 0 Å². The average molecular weight is 608 g/mol. The molecule has 0 saturated carbocycles. The van der Waals surface area contributed by atoms with Crippen molar-refractivity contribution in [1.29, 1.82) is 0 Å². The molecule has 1 atom stereocenters. The Morgan fingerprint density at radius 2 is 1.77 bits per heavy atom. The Bertz CT molecular complexity index is 1490. The number of halogens is 2. The van der Waals surface area contributed by atoms with Crippen molar-refractivity contribution in [2.24, 2.45) is 0 Å². The molecule has 0 bridgehead atoms. The molecule has 0 radical (unpaired) electrons. The highest BCUT2D eigenvalue weighted by molar-refractivity contribution is 7.90. The first kappa shape index (κ1) is 30.0. The lowest BCUT2D eigenvalue weighted by Gasteiger charge is -2.19. The molecular weight excluding hydrogens is 575 g/mol. The van der Waals surface area contributed by atoms with Gasteiger partial charge in [-0.2, -0.15) is 0 Å². The van der Waals surface area contributed by atoms with Gasteiger partial charge in [0.2, 0.25) is 0 Å². The topological polar surface area (TPSA) is 88.1 Å². The van der Waals surface area contributed by atoms with E-state index in [4.69, 9.17) is 42.1 Å². The van der Waals surface area contributed by atoms with E-state index in [0.29, 0.717) is 46.9 Å². The van der Waals surface area contributed by atoms with Crippen LogP contribution in [0, 0.1) is 13.8 Å². The predicted molar refractivity (Wildman–Crippen MR) is 157 cm³/mol. The Morgan fingerprint density at radius 1 is 1.05 bits per heavy atom. The zero-order valence-corrected chi connectivity index (χ0v) is 25.2. The van der Waals surface area contributed by atoms with Crippen LogP contribution < -0.4 is 14.2 Å². The minimum absolute atomic E-state index is 0.0254. The van der Waals surface area contributed by atoms with Gasteiger partial charge in [-0.05, 0) is 60.2 Å². The van der Waals surface area contributed by atoms with Gasteiger partial charge in [0.05, 0.1) is 42.5 Å². The van der Waals surface area contributed by atoms with Gasteiger partial charge >= 0.3 is 5.97 Å². The average Bonchev–Trinajstić information content (AvgIpc) is 3.31. The maximum absolute atomic E-state index is 11.7. The van der Waals surface area contributed by atoms with Crippen LogP contribution in [-0.4, -0.2) is 46.7 Å². The lowest BCUT2D eigenvalue weighted by molar-refractivity contribution is -0.141. The summed E-state index contributed by atoms with van der Waals surface area (Å²) in [4.78, 5) is 11.7. The number of rotatable bonds is 11. The summed E-state index contributed by atoms with van der Waals surface area (Å²) in [5.41, 5.74) is 5.40. The Labute approximate surface area is 245 Å². The van der Waals surface area contributed by atoms with E-state index in [1.165, 1.54) is 13.4 Å². The van der Waals surface area contributed by atoms with E-state index >= 15 is 0 Å². The summed E-state index contributed by atoms with van der Waals surface area (Å²) in [7, 11) is -1.69. The van der Waals surface area contributed by atoms with Crippen LogP contribution in [-0.2, 0) is 26.0 Å². The Kier molecular flexibility index (Phi) is 9.54. The first-order valence-electron chi connectivity index (χ1n) is 12.8. The SMILES string of the molecule is COC(=O)C[C@@H]1COc2cc(OCc3cccc(-c4c(C)c(Cl)c(OCCCS(C)(=O)=O)c(Cl)c4C)c3)ccc21. The lowest BCUT2D eigenvalue weighted by Crippen LogP contribution is -2.09. The molecule has 10 heteroatoms. The number of hydrogen-bond donors (Lipinski definition) is 0. The molecular formula is C30H32Cl2O7S. The van der Waals surface area contributed by atoms with E-state index in [2.05, 4.69) is 0 Å². The second-order valence-corrected chi connectivity index (χ2v) is 12.9. The molecule has 0 amide bonds. The molecule has 40 heavy (non-hydrogen) atoms. The maximum Gasteiger partial charge on any atom is 0.306 e. The normalized spacial score (nSPS) is 14.4. The van der Waals surface area contributed by atoms with Crippen LogP contribution in [0.2, 0.25) is 10.0 Å². The molecule has 7 nitrogen and oxygen atoms in total. The number of ether oxygens (including phenoxy) is 4. The van der Waals surface area contributed by atoms with E-state index < -0.39 is 9.84 Å². The summed E-state index contributed by atoms with van der Waals surface area (Å²) in [5, 5.41) is 0.797. The Morgan fingerprint density at radius 3 is 2.45 bits per heavy atom. The highest BCUT2D eigenvalue weighted by atomic mass is 35.5. The van der Waals surface area contributed by atoms with Crippen molar-refractivity contribution in [3.05, 3.63) is 74.8 Å². The van der Waals surface area contributed by atoms with E-state index in [0.717, 1.165) is 33.4 Å². The number of carbonyl (C=O) groups excluding carboxylic acids is 1. The maximum atomic E-state index is 11.7. The third kappa shape index (κ3) is 7.03. The van der Waals surface area contributed by atoms with Gasteiger partial charge in [0.15, 0.2) is 5.75 Å². The summed E-state index contributed by atoms with van der Waals surface area (Å²) in [6.07, 6.45) is 1.82. The van der Waals surface area contributed by atoms with Crippen molar-refractivity contribution in [2.75, 3.05) is 32.3 Å². The molecule has 3 aromatic carbocycles. The minimum atomic E-state index is -3.07. The van der Waals surface area contributed by atoms with Gasteiger partial charge < -0.3 is 18.9 Å². The third-order valence-corrected chi connectivity index (χ3v) is 8.78. The first-order valence-corrected chi connectivity index (χ1v) is 15.6. The van der Waals surface area contributed by atoms with Gasteiger partial charge in [-0.3, -0.25) is 4.79 Å². The van der Waals surface area contributed by atoms with Crippen LogP contribution in [0.15, 0.2) is 42.5 Å². The summed E-state index contributed by atoms with van der Waals surface area (Å²) in [6.45, 7) is 4.78. The molecule has 0 spiro atoms. The van der Waals surface area contributed by atoms with Gasteiger partial charge in [-0.15, -0.1) is 0 Å². The van der Waals surface area contributed by atoms with E-state index in [-0.39, 0.29) is 30.7 Å². The highest BCUT2D eigenvalue weighted by Crippen LogP contribution is 2.45. The monoisotopic (exact) mass is 606 g/mol. The number of fused-ring (bicyclic) bond motifs is 1. The zero-order valence-electron chi connectivity index (χ0n) is 22.9. The molecule has 0 N–H and O–H groups in total. The standard InChI is InChI=1S/C30H32Cl2O7S/c1-18-27(19(2)29(32)30(28(18)31)37-11-6-12-40(4,34)35)21-8-5-7-20(13-21)16-38-23-9-10-24-22(14-26(33)36-3)17-39-25(24)15-23/h5,7-10,13,15,22H,6,11-12,14,16-17H2,1-4H3/t22-/m1/s1. The molecule has 4 rings (SSSR count). The van der Waals surface area contributed by atoms with Crippen LogP contribution in [0.4, 0.5) is 0 Å². The molecule has 0 saturated heterocycles. The van der Waals surface area contributed by atoms with Crippen LogP contribution in [0.1, 0.15) is 41.0 Å². The first-order chi connectivity index (χ1) is 19.0. The Balaban J connectivity index is 1.48. The van der Waals surface area contributed by atoms with Crippen molar-refractivity contribution in [2.45, 2.75) is 39.2 Å². The summed E-state index contributed by atoms with van der Waals surface area (Å²) >= 11 is 13.4. The van der Waals surface area contributed by atoms with Crippen molar-refractivity contribution in [3.8, 4) is 28.4 Å². The molecule has 0 fully saturated rings. The fraction of sp³-hybridized carbons (Fsp3) is 0.367. The number of carbonyl (C=O) groups is 1. The van der Waals surface area contributed by atoms with Gasteiger partial charge in [0.1, 0.15) is 27.9 Å². The van der Waals surface area contributed by atoms with Crippen LogP contribution >= 0.6 is 23.2 Å². The summed E-state index contributed by atoms with van der Waals surface area (Å²) in [6, 6.07) is 13.6. The second-order valence-electron chi connectivity index (χ2n) is 9.89. The molecule has 0 unspecified atom stereocenters. The second kappa shape index (κ2) is 12.7. The smallest absolute Gasteiger partial charge is 0.306 e. The lowest BCUT2D eigenvalue weighted by atomic mass is 9.94. The fourth-order valence-electron chi connectivity index (χ4n) is 4.78. The largest absolute Gasteiger partial charge is 0.492 e. The quantitative estimate of drug-likeness (QED) is 0.177. The van der Waals surface area contributed by atoms with E-state index in [1.54, 1.807) is 0 Å². The third-order valence-electron chi connectivity index (χ3n) is 6.84. The molecule has 1 aliphatic heterocycles. The fourth-order valence-corrected chi connectivity index (χ4v) is 5.95. The summed E-state index contributed by atoms with van der Waals surface area (Å²) in [5.74, 6) is 1.49. The van der Waals surface area contributed by atoms with Crippen molar-refractivity contribution < 1.29 is 32.2 Å². The number of benzene rings is 3. The van der Waals surface area contributed by atoms with E-state index in [1.807, 2.05) is 56.3 Å². The van der Waals surface area contributed by atoms with Gasteiger partial charge in [0.25, 0.3) is 0 Å². The zero-order chi connectivity index (χ0) is 29.0. The van der Waals surface area contributed by atoms with Gasteiger partial charge in [-0.25, -0.2) is 8.42 Å². The molecule has 214 valence electrons. The molecule has 1 aliphatic rings. The van der Waals surface area contributed by atoms with E-state index in [9.17, 15) is 13.2 Å². The van der Waals surface area contributed by atoms with Crippen molar-refractivity contribution >= 4 is 39.0 Å². The van der Waals surface area contributed by atoms with Crippen molar-refractivity contribution in [1.82, 2.24) is 0 Å². The highest BCUT2D eigenvalue weighted by Gasteiger charge is 2.27. The van der Waals surface area contributed by atoms with Crippen LogP contribution in [0.5, 0.6) is 17.2 Å². The summed E-state index contributed by atoms with van der Waals surface area (Å²) < 4.78 is 45.2. The van der Waals surface area contributed by atoms with Crippen LogP contribution in [0.25, 0.3) is 11.1 Å². The van der Waals surface area contributed by atoms with Gasteiger partial charge in [-0.1, -0.05) is 47.5 Å². The van der Waals surface area contributed by atoms with Crippen LogP contribution in [0.3, 0.4) is 0 Å². The predicted octanol–water partition coefficient (Wildman–Crippen LogP) is 6.71. The minimum Gasteiger partial charge on any atom is -0.492 e. The molecule has 3 aromatic rings. The van der Waals surface area contributed by atoms with Gasteiger partial charge in [0, 0.05) is 23.8 Å². The molecule has 0 aromatic heterocycles.